The lowest BCUT2D eigenvalue weighted by molar-refractivity contribution is 1.58. The summed E-state index contributed by atoms with van der Waals surface area (Å²) in [5, 5.41) is 1.47. The average Bonchev–Trinajstić information content (AvgIpc) is 2.39. The Kier molecular flexibility index (Phi) is 3.78. The molecule has 0 heterocycles. The van der Waals surface area contributed by atoms with Crippen molar-refractivity contribution in [2.75, 3.05) is 0 Å². The van der Waals surface area contributed by atoms with Gasteiger partial charge in [-0.1, -0.05) is 67.3 Å². The molecule has 96 valence electrons. The number of hydrogen-bond donors (Lipinski definition) is 1. The fourth-order valence-corrected chi connectivity index (χ4v) is 3.24. The van der Waals surface area contributed by atoms with Crippen LogP contribution in [0.2, 0.25) is 19.6 Å². The van der Waals surface area contributed by atoms with E-state index in [4.69, 9.17) is 5.73 Å². The molecule has 2 rings (SSSR count). The average molecular weight is 265 g/mol. The third-order valence-corrected chi connectivity index (χ3v) is 5.26. The first-order valence-electron chi connectivity index (χ1n) is 6.44. The lowest BCUT2D eigenvalue weighted by Crippen LogP contribution is -2.37. The molecule has 0 amide bonds. The number of nitrogens with two attached hydrogens (primary N) is 1. The molecule has 0 saturated carbocycles. The van der Waals surface area contributed by atoms with Crippen molar-refractivity contribution >= 4 is 13.3 Å². The first-order chi connectivity index (χ1) is 9.02. The van der Waals surface area contributed by atoms with Crippen LogP contribution in [0.25, 0.3) is 11.1 Å². The molecule has 2 N–H and O–H groups in total. The van der Waals surface area contributed by atoms with E-state index in [0.717, 1.165) is 11.1 Å². The van der Waals surface area contributed by atoms with E-state index in [1.54, 1.807) is 0 Å². The Balaban J connectivity index is 2.45. The molecule has 0 aliphatic carbocycles. The van der Waals surface area contributed by atoms with Crippen LogP contribution in [0.3, 0.4) is 0 Å². The van der Waals surface area contributed by atoms with Crippen molar-refractivity contribution in [3.05, 3.63) is 54.1 Å². The van der Waals surface area contributed by atoms with Gasteiger partial charge in [-0.2, -0.15) is 0 Å². The van der Waals surface area contributed by atoms with Gasteiger partial charge in [0.2, 0.25) is 0 Å². The molecule has 1 nitrogen and oxygen atoms in total. The van der Waals surface area contributed by atoms with Crippen molar-refractivity contribution in [1.82, 2.24) is 0 Å². The summed E-state index contributed by atoms with van der Waals surface area (Å²) in [5.41, 5.74) is 8.65. The molecule has 0 bridgehead atoms. The predicted molar refractivity (Wildman–Crippen MR) is 85.9 cm³/mol. The van der Waals surface area contributed by atoms with Crippen molar-refractivity contribution in [3.63, 3.8) is 0 Å². The van der Waals surface area contributed by atoms with Gasteiger partial charge in [0, 0.05) is 11.6 Å². The molecule has 0 aliphatic heterocycles. The molecule has 0 spiro atoms. The topological polar surface area (TPSA) is 26.0 Å². The van der Waals surface area contributed by atoms with E-state index in [9.17, 15) is 0 Å². The normalized spacial score (nSPS) is 10.7. The lowest BCUT2D eigenvalue weighted by atomic mass is 10.0. The zero-order valence-electron chi connectivity index (χ0n) is 11.7. The Morgan fingerprint density at radius 3 is 2.11 bits per heavy atom. The highest BCUT2D eigenvalue weighted by Gasteiger charge is 2.15. The minimum atomic E-state index is -1.23. The highest BCUT2D eigenvalue weighted by Crippen LogP contribution is 2.22. The first-order valence-corrected chi connectivity index (χ1v) is 9.94. The number of hydrogen-bond acceptors (Lipinski definition) is 1. The van der Waals surface area contributed by atoms with E-state index in [0.29, 0.717) is 0 Å². The van der Waals surface area contributed by atoms with E-state index >= 15 is 0 Å². The fourth-order valence-electron chi connectivity index (χ4n) is 2.07. The second-order valence-electron chi connectivity index (χ2n) is 5.64. The molecule has 0 aliphatic rings. The molecule has 0 atom stereocenters. The Labute approximate surface area is 116 Å². The fraction of sp³-hybridized carbons (Fsp3) is 0.176. The number of benzene rings is 2. The van der Waals surface area contributed by atoms with Crippen molar-refractivity contribution < 1.29 is 0 Å². The molecule has 0 fully saturated rings. The molecular weight excluding hydrogens is 246 g/mol. The Hall–Kier alpha value is -1.98. The molecule has 2 heteroatoms. The van der Waals surface area contributed by atoms with Gasteiger partial charge in [0.15, 0.2) is 0 Å². The Bertz CT molecular complexity index is 625. The van der Waals surface area contributed by atoms with E-state index < -0.39 is 8.07 Å². The van der Waals surface area contributed by atoms with E-state index in [1.807, 2.05) is 18.2 Å². The minimum Gasteiger partial charge on any atom is -0.359 e. The maximum absolute atomic E-state index is 5.33. The van der Waals surface area contributed by atoms with Gasteiger partial charge in [-0.15, -0.1) is 0 Å². The molecule has 0 radical (unpaired) electrons. The number of rotatable bonds is 2. The van der Waals surface area contributed by atoms with Crippen LogP contribution in [0.4, 0.5) is 0 Å². The summed E-state index contributed by atoms with van der Waals surface area (Å²) in [6.45, 7) is 7.07. The van der Waals surface area contributed by atoms with Crippen LogP contribution in [0.5, 0.6) is 0 Å². The SMILES string of the molecule is C[Si](C)(C)c1ccc(-c2ccccc2C#CN)cc1. The van der Waals surface area contributed by atoms with Gasteiger partial charge in [-0.3, -0.25) is 0 Å². The van der Waals surface area contributed by atoms with Gasteiger partial charge in [0.05, 0.1) is 8.07 Å². The van der Waals surface area contributed by atoms with Crippen molar-refractivity contribution in [2.24, 2.45) is 5.73 Å². The van der Waals surface area contributed by atoms with Crippen LogP contribution in [-0.2, 0) is 0 Å². The lowest BCUT2D eigenvalue weighted by Gasteiger charge is -2.17. The summed E-state index contributed by atoms with van der Waals surface area (Å²) in [4.78, 5) is 0. The molecule has 0 aromatic heterocycles. The van der Waals surface area contributed by atoms with Crippen LogP contribution in [-0.4, -0.2) is 8.07 Å². The van der Waals surface area contributed by atoms with Gasteiger partial charge in [0.25, 0.3) is 0 Å². The highest BCUT2D eigenvalue weighted by molar-refractivity contribution is 6.88. The van der Waals surface area contributed by atoms with E-state index in [1.165, 1.54) is 10.8 Å². The zero-order valence-corrected chi connectivity index (χ0v) is 12.7. The largest absolute Gasteiger partial charge is 0.359 e. The molecular formula is C17H19NSi. The van der Waals surface area contributed by atoms with Crippen LogP contribution in [0.15, 0.2) is 48.5 Å². The third-order valence-electron chi connectivity index (χ3n) is 3.20. The summed E-state index contributed by atoms with van der Waals surface area (Å²) in [6.07, 6.45) is 0. The second kappa shape index (κ2) is 5.34. The van der Waals surface area contributed by atoms with Crippen molar-refractivity contribution in [3.8, 4) is 23.1 Å². The van der Waals surface area contributed by atoms with Gasteiger partial charge >= 0.3 is 0 Å². The molecule has 0 saturated heterocycles. The molecule has 2 aromatic carbocycles. The van der Waals surface area contributed by atoms with Gasteiger partial charge < -0.3 is 5.73 Å². The third kappa shape index (κ3) is 3.07. The first kappa shape index (κ1) is 13.4. The quantitative estimate of drug-likeness (QED) is 0.504. The Morgan fingerprint density at radius 1 is 0.895 bits per heavy atom. The minimum absolute atomic E-state index is 0.978. The van der Waals surface area contributed by atoms with Gasteiger partial charge in [0.1, 0.15) is 0 Å². The van der Waals surface area contributed by atoms with Gasteiger partial charge in [-0.25, -0.2) is 0 Å². The van der Waals surface area contributed by atoms with E-state index in [-0.39, 0.29) is 0 Å². The van der Waals surface area contributed by atoms with Crippen molar-refractivity contribution in [1.29, 1.82) is 0 Å². The summed E-state index contributed by atoms with van der Waals surface area (Å²) in [5.74, 6) is 2.96. The molecule has 19 heavy (non-hydrogen) atoms. The monoisotopic (exact) mass is 265 g/mol. The van der Waals surface area contributed by atoms with Crippen LogP contribution < -0.4 is 10.9 Å². The predicted octanol–water partition coefficient (Wildman–Crippen LogP) is 3.17. The maximum atomic E-state index is 5.33. The summed E-state index contributed by atoms with van der Waals surface area (Å²) >= 11 is 0. The molecule has 2 aromatic rings. The van der Waals surface area contributed by atoms with E-state index in [2.05, 4.69) is 61.9 Å². The summed E-state index contributed by atoms with van der Waals surface area (Å²) < 4.78 is 0. The van der Waals surface area contributed by atoms with Crippen molar-refractivity contribution in [2.45, 2.75) is 19.6 Å². The summed E-state index contributed by atoms with van der Waals surface area (Å²) in [6, 6.07) is 19.5. The van der Waals surface area contributed by atoms with Crippen LogP contribution >= 0.6 is 0 Å². The summed E-state index contributed by atoms with van der Waals surface area (Å²) in [7, 11) is -1.23. The standard InChI is InChI=1S/C17H19NSi/c1-19(2,3)16-10-8-15(9-11-16)17-7-5-4-6-14(17)12-13-18/h4-11H,18H2,1-3H3. The van der Waals surface area contributed by atoms with Crippen LogP contribution in [0.1, 0.15) is 5.56 Å². The zero-order chi connectivity index (χ0) is 13.9. The highest BCUT2D eigenvalue weighted by atomic mass is 28.3. The Morgan fingerprint density at radius 2 is 1.53 bits per heavy atom. The molecule has 0 unspecified atom stereocenters. The van der Waals surface area contributed by atoms with Gasteiger partial charge in [-0.05, 0) is 23.1 Å². The maximum Gasteiger partial charge on any atom is 0.0775 e. The smallest absolute Gasteiger partial charge is 0.0775 e. The van der Waals surface area contributed by atoms with Crippen LogP contribution in [0, 0.1) is 12.0 Å². The second-order valence-corrected chi connectivity index (χ2v) is 10.7.